The smallest absolute Gasteiger partial charge is 0.417 e. The summed E-state index contributed by atoms with van der Waals surface area (Å²) < 4.78 is 10.6. The molecule has 0 bridgehead atoms. The minimum absolute atomic E-state index is 0.104. The van der Waals surface area contributed by atoms with Gasteiger partial charge >= 0.3 is 5.76 Å². The summed E-state index contributed by atoms with van der Waals surface area (Å²) >= 11 is 1.35. The molecule has 2 heterocycles. The first-order chi connectivity index (χ1) is 13.7. The normalized spacial score (nSPS) is 10.9. The molecule has 0 aliphatic carbocycles. The van der Waals surface area contributed by atoms with Gasteiger partial charge in [-0.1, -0.05) is 18.2 Å². The maximum Gasteiger partial charge on any atom is 0.417 e. The fourth-order valence-corrected chi connectivity index (χ4v) is 3.43. The highest BCUT2D eigenvalue weighted by Gasteiger charge is 2.10. The molecule has 142 valence electrons. The van der Waals surface area contributed by atoms with E-state index in [1.807, 2.05) is 41.8 Å². The second-order valence-corrected chi connectivity index (χ2v) is 6.93. The maximum absolute atomic E-state index is 12.1. The largest absolute Gasteiger partial charge is 0.494 e. The standard InChI is InChI=1S/C20H17N3O4S/c24-18(7-4-10-26-14-5-2-1-3-6-14)23-19-21-16(12-28-19)13-8-9-17-15(11-13)22-20(25)27-17/h1-3,5-6,8-9,11-12H,4,7,10H2,(H,22,25)(H,21,23,24). The number of aromatic amines is 1. The van der Waals surface area contributed by atoms with Crippen LogP contribution in [0.4, 0.5) is 5.13 Å². The summed E-state index contributed by atoms with van der Waals surface area (Å²) in [5.41, 5.74) is 2.66. The van der Waals surface area contributed by atoms with Crippen molar-refractivity contribution in [3.05, 3.63) is 64.5 Å². The molecule has 0 spiro atoms. The minimum Gasteiger partial charge on any atom is -0.494 e. The molecule has 0 fully saturated rings. The Bertz CT molecular complexity index is 1150. The first-order valence-corrected chi connectivity index (χ1v) is 9.62. The molecular formula is C20H17N3O4S. The molecule has 0 aliphatic heterocycles. The van der Waals surface area contributed by atoms with E-state index in [0.29, 0.717) is 35.7 Å². The van der Waals surface area contributed by atoms with E-state index in [9.17, 15) is 9.59 Å². The van der Waals surface area contributed by atoms with E-state index in [0.717, 1.165) is 17.0 Å². The highest BCUT2D eigenvalue weighted by atomic mass is 32.1. The molecule has 0 saturated carbocycles. The maximum atomic E-state index is 12.1. The number of nitrogens with zero attached hydrogens (tertiary/aromatic N) is 1. The van der Waals surface area contributed by atoms with Crippen LogP contribution in [0.1, 0.15) is 12.8 Å². The van der Waals surface area contributed by atoms with Crippen molar-refractivity contribution in [3.8, 4) is 17.0 Å². The number of amides is 1. The Morgan fingerprint density at radius 3 is 2.93 bits per heavy atom. The number of H-pyrrole nitrogens is 1. The minimum atomic E-state index is -0.491. The number of rotatable bonds is 7. The molecule has 28 heavy (non-hydrogen) atoms. The van der Waals surface area contributed by atoms with Crippen LogP contribution in [0.5, 0.6) is 5.75 Å². The van der Waals surface area contributed by atoms with Gasteiger partial charge in [-0.25, -0.2) is 9.78 Å². The van der Waals surface area contributed by atoms with Gasteiger partial charge in [-0.15, -0.1) is 11.3 Å². The number of hydrogen-bond donors (Lipinski definition) is 2. The van der Waals surface area contributed by atoms with Crippen molar-refractivity contribution in [1.82, 2.24) is 9.97 Å². The van der Waals surface area contributed by atoms with Gasteiger partial charge in [0.15, 0.2) is 10.7 Å². The van der Waals surface area contributed by atoms with Gasteiger partial charge in [0, 0.05) is 17.4 Å². The van der Waals surface area contributed by atoms with Gasteiger partial charge in [0.25, 0.3) is 0 Å². The van der Waals surface area contributed by atoms with E-state index < -0.39 is 5.76 Å². The number of para-hydroxylation sites is 1. The Labute approximate surface area is 164 Å². The van der Waals surface area contributed by atoms with Crippen LogP contribution in [-0.4, -0.2) is 22.5 Å². The van der Waals surface area contributed by atoms with E-state index in [1.165, 1.54) is 11.3 Å². The fraction of sp³-hybridized carbons (Fsp3) is 0.150. The van der Waals surface area contributed by atoms with Crippen LogP contribution in [0.2, 0.25) is 0 Å². The highest BCUT2D eigenvalue weighted by molar-refractivity contribution is 7.14. The first-order valence-electron chi connectivity index (χ1n) is 8.74. The Balaban J connectivity index is 1.31. The lowest BCUT2D eigenvalue weighted by Gasteiger charge is -2.05. The number of fused-ring (bicyclic) bond motifs is 1. The highest BCUT2D eigenvalue weighted by Crippen LogP contribution is 2.27. The van der Waals surface area contributed by atoms with E-state index in [4.69, 9.17) is 9.15 Å². The topological polar surface area (TPSA) is 97.2 Å². The first kappa shape index (κ1) is 18.0. The van der Waals surface area contributed by atoms with E-state index in [-0.39, 0.29) is 5.91 Å². The number of hydrogen-bond acceptors (Lipinski definition) is 6. The van der Waals surface area contributed by atoms with Gasteiger partial charge < -0.3 is 14.5 Å². The number of carbonyl (C=O) groups is 1. The van der Waals surface area contributed by atoms with E-state index >= 15 is 0 Å². The van der Waals surface area contributed by atoms with Gasteiger partial charge in [0.1, 0.15) is 5.75 Å². The number of aromatic nitrogens is 2. The summed E-state index contributed by atoms with van der Waals surface area (Å²) in [6.45, 7) is 0.476. The zero-order valence-electron chi connectivity index (χ0n) is 14.8. The monoisotopic (exact) mass is 395 g/mol. The third kappa shape index (κ3) is 4.29. The predicted octanol–water partition coefficient (Wildman–Crippen LogP) is 4.04. The summed E-state index contributed by atoms with van der Waals surface area (Å²) in [5.74, 6) is 0.199. The Hall–Kier alpha value is -3.39. The SMILES string of the molecule is O=C(CCCOc1ccccc1)Nc1nc(-c2ccc3oc(=O)[nH]c3c2)cs1. The molecule has 0 unspecified atom stereocenters. The molecule has 8 heteroatoms. The number of nitrogens with one attached hydrogen (secondary N) is 2. The molecule has 2 N–H and O–H groups in total. The number of carbonyl (C=O) groups excluding carboxylic acids is 1. The Morgan fingerprint density at radius 2 is 2.07 bits per heavy atom. The van der Waals surface area contributed by atoms with Gasteiger partial charge in [-0.05, 0) is 36.8 Å². The van der Waals surface area contributed by atoms with Crippen LogP contribution >= 0.6 is 11.3 Å². The number of ether oxygens (including phenoxy) is 1. The number of benzene rings is 2. The summed E-state index contributed by atoms with van der Waals surface area (Å²) in [6, 6.07) is 14.8. The summed E-state index contributed by atoms with van der Waals surface area (Å²) in [7, 11) is 0. The molecule has 0 saturated heterocycles. The van der Waals surface area contributed by atoms with Crippen molar-refractivity contribution < 1.29 is 13.9 Å². The molecule has 0 radical (unpaired) electrons. The summed E-state index contributed by atoms with van der Waals surface area (Å²) in [6.07, 6.45) is 0.966. The van der Waals surface area contributed by atoms with Crippen LogP contribution in [0.15, 0.2) is 63.1 Å². The third-order valence-electron chi connectivity index (χ3n) is 4.03. The van der Waals surface area contributed by atoms with Crippen molar-refractivity contribution in [1.29, 1.82) is 0 Å². The lowest BCUT2D eigenvalue weighted by molar-refractivity contribution is -0.116. The Kier molecular flexibility index (Phi) is 5.20. The van der Waals surface area contributed by atoms with Crippen LogP contribution in [0, 0.1) is 0 Å². The molecule has 0 aliphatic rings. The number of oxazole rings is 1. The number of thiazole rings is 1. The zero-order valence-corrected chi connectivity index (χ0v) is 15.6. The van der Waals surface area contributed by atoms with Gasteiger partial charge in [-0.3, -0.25) is 9.78 Å². The molecule has 7 nitrogen and oxygen atoms in total. The lowest BCUT2D eigenvalue weighted by atomic mass is 10.1. The van der Waals surface area contributed by atoms with Gasteiger partial charge in [0.05, 0.1) is 17.8 Å². The molecule has 0 atom stereocenters. The van der Waals surface area contributed by atoms with Crippen LogP contribution in [-0.2, 0) is 4.79 Å². The van der Waals surface area contributed by atoms with Crippen molar-refractivity contribution >= 4 is 33.5 Å². The summed E-state index contributed by atoms with van der Waals surface area (Å²) in [4.78, 5) is 30.4. The van der Waals surface area contributed by atoms with Crippen LogP contribution in [0.25, 0.3) is 22.4 Å². The van der Waals surface area contributed by atoms with Crippen molar-refractivity contribution in [3.63, 3.8) is 0 Å². The number of anilines is 1. The average molecular weight is 395 g/mol. The van der Waals surface area contributed by atoms with Crippen LogP contribution in [0.3, 0.4) is 0 Å². The fourth-order valence-electron chi connectivity index (χ4n) is 2.70. The molecule has 1 amide bonds. The predicted molar refractivity (Wildman–Crippen MR) is 108 cm³/mol. The lowest BCUT2D eigenvalue weighted by Crippen LogP contribution is -2.12. The quantitative estimate of drug-likeness (QED) is 0.460. The van der Waals surface area contributed by atoms with E-state index in [2.05, 4.69) is 15.3 Å². The Morgan fingerprint density at radius 1 is 1.21 bits per heavy atom. The summed E-state index contributed by atoms with van der Waals surface area (Å²) in [5, 5.41) is 5.20. The van der Waals surface area contributed by atoms with Crippen molar-refractivity contribution in [2.24, 2.45) is 0 Å². The van der Waals surface area contributed by atoms with Crippen molar-refractivity contribution in [2.75, 3.05) is 11.9 Å². The van der Waals surface area contributed by atoms with Crippen molar-refractivity contribution in [2.45, 2.75) is 12.8 Å². The van der Waals surface area contributed by atoms with E-state index in [1.54, 1.807) is 12.1 Å². The second kappa shape index (κ2) is 8.10. The zero-order chi connectivity index (χ0) is 19.3. The molecule has 4 aromatic rings. The third-order valence-corrected chi connectivity index (χ3v) is 4.78. The molecule has 2 aromatic carbocycles. The molecule has 4 rings (SSSR count). The molecular weight excluding hydrogens is 378 g/mol. The van der Waals surface area contributed by atoms with Gasteiger partial charge in [-0.2, -0.15) is 0 Å². The average Bonchev–Trinajstić information content (AvgIpc) is 3.31. The van der Waals surface area contributed by atoms with Gasteiger partial charge in [0.2, 0.25) is 5.91 Å². The molecule has 2 aromatic heterocycles. The van der Waals surface area contributed by atoms with Crippen LogP contribution < -0.4 is 15.8 Å². The second-order valence-electron chi connectivity index (χ2n) is 6.08.